The van der Waals surface area contributed by atoms with E-state index in [-0.39, 0.29) is 0 Å². The highest BCUT2D eigenvalue weighted by molar-refractivity contribution is 5.81. The van der Waals surface area contributed by atoms with Crippen molar-refractivity contribution < 1.29 is 4.74 Å². The molecule has 0 aliphatic carbocycles. The van der Waals surface area contributed by atoms with E-state index >= 15 is 0 Å². The topological polar surface area (TPSA) is 52.8 Å². The highest BCUT2D eigenvalue weighted by Crippen LogP contribution is 2.28. The summed E-state index contributed by atoms with van der Waals surface area (Å²) in [6.07, 6.45) is 3.25. The number of nitrogens with zero attached hydrogens (tertiary/aromatic N) is 4. The van der Waals surface area contributed by atoms with Crippen molar-refractivity contribution in [3.05, 3.63) is 72.2 Å². The maximum Gasteiger partial charge on any atom is 0.233 e. The molecule has 0 unspecified atom stereocenters. The molecular weight excluding hydrogens is 324 g/mol. The van der Waals surface area contributed by atoms with Gasteiger partial charge in [0.15, 0.2) is 5.65 Å². The number of ether oxygens (including phenoxy) is 1. The molecule has 0 amide bonds. The number of hydrogen-bond acceptors (Lipinski definition) is 4. The Bertz CT molecular complexity index is 1030. The van der Waals surface area contributed by atoms with Gasteiger partial charge in [0, 0.05) is 0 Å². The number of aromatic nitrogens is 4. The fourth-order valence-corrected chi connectivity index (χ4v) is 2.81. The quantitative estimate of drug-likeness (QED) is 0.520. The van der Waals surface area contributed by atoms with Crippen LogP contribution in [0.5, 0.6) is 11.6 Å². The van der Waals surface area contributed by atoms with Crippen LogP contribution in [0.25, 0.3) is 16.7 Å². The smallest absolute Gasteiger partial charge is 0.233 e. The van der Waals surface area contributed by atoms with Crippen molar-refractivity contribution in [3.63, 3.8) is 0 Å². The van der Waals surface area contributed by atoms with E-state index in [9.17, 15) is 0 Å². The SMILES string of the molecule is Cc1ccc(-n2ncc3c(Oc4ccc(C(C)C)cc4)ncnc32)cc1. The Morgan fingerprint density at radius 3 is 2.35 bits per heavy atom. The molecule has 26 heavy (non-hydrogen) atoms. The average Bonchev–Trinajstić information content (AvgIpc) is 3.08. The minimum atomic E-state index is 0.488. The molecule has 4 rings (SSSR count). The summed E-state index contributed by atoms with van der Waals surface area (Å²) in [7, 11) is 0. The third kappa shape index (κ3) is 3.04. The molecule has 2 aromatic carbocycles. The van der Waals surface area contributed by atoms with Crippen LogP contribution in [-0.2, 0) is 0 Å². The van der Waals surface area contributed by atoms with E-state index < -0.39 is 0 Å². The Morgan fingerprint density at radius 2 is 1.65 bits per heavy atom. The van der Waals surface area contributed by atoms with E-state index in [4.69, 9.17) is 4.74 Å². The Hall–Kier alpha value is -3.21. The van der Waals surface area contributed by atoms with Gasteiger partial charge in [0.1, 0.15) is 17.5 Å². The highest BCUT2D eigenvalue weighted by atomic mass is 16.5. The van der Waals surface area contributed by atoms with Crippen molar-refractivity contribution in [2.75, 3.05) is 0 Å². The van der Waals surface area contributed by atoms with E-state index in [1.54, 1.807) is 10.9 Å². The summed E-state index contributed by atoms with van der Waals surface area (Å²) in [5, 5.41) is 5.25. The Kier molecular flexibility index (Phi) is 4.13. The van der Waals surface area contributed by atoms with Crippen LogP contribution < -0.4 is 4.74 Å². The molecule has 5 heteroatoms. The third-order valence-electron chi connectivity index (χ3n) is 4.37. The first-order chi connectivity index (χ1) is 12.6. The minimum absolute atomic E-state index is 0.488. The van der Waals surface area contributed by atoms with Crippen molar-refractivity contribution in [2.45, 2.75) is 26.7 Å². The van der Waals surface area contributed by atoms with Crippen LogP contribution in [0, 0.1) is 6.92 Å². The first-order valence-corrected chi connectivity index (χ1v) is 8.65. The third-order valence-corrected chi connectivity index (χ3v) is 4.37. The largest absolute Gasteiger partial charge is 0.438 e. The Morgan fingerprint density at radius 1 is 0.923 bits per heavy atom. The summed E-state index contributed by atoms with van der Waals surface area (Å²) < 4.78 is 7.79. The van der Waals surface area contributed by atoms with Gasteiger partial charge in [-0.15, -0.1) is 0 Å². The first kappa shape index (κ1) is 16.3. The van der Waals surface area contributed by atoms with Crippen molar-refractivity contribution in [1.82, 2.24) is 19.7 Å². The van der Waals surface area contributed by atoms with E-state index in [1.807, 2.05) is 24.3 Å². The lowest BCUT2D eigenvalue weighted by Gasteiger charge is -2.08. The fourth-order valence-electron chi connectivity index (χ4n) is 2.81. The molecule has 0 radical (unpaired) electrons. The normalized spacial score (nSPS) is 11.2. The standard InChI is InChI=1S/C21H20N4O/c1-14(2)16-6-10-18(11-7-16)26-21-19-12-24-25(20(19)22-13-23-21)17-8-4-15(3)5-9-17/h4-14H,1-3H3. The van der Waals surface area contributed by atoms with Crippen LogP contribution in [0.2, 0.25) is 0 Å². The molecule has 0 aliphatic heterocycles. The van der Waals surface area contributed by atoms with Gasteiger partial charge in [-0.05, 0) is 42.7 Å². The second-order valence-corrected chi connectivity index (χ2v) is 6.63. The predicted molar refractivity (Wildman–Crippen MR) is 102 cm³/mol. The molecule has 130 valence electrons. The van der Waals surface area contributed by atoms with Crippen molar-refractivity contribution in [1.29, 1.82) is 0 Å². The van der Waals surface area contributed by atoms with Crippen LogP contribution >= 0.6 is 0 Å². The van der Waals surface area contributed by atoms with Crippen LogP contribution in [0.4, 0.5) is 0 Å². The molecule has 0 atom stereocenters. The zero-order valence-electron chi connectivity index (χ0n) is 15.0. The first-order valence-electron chi connectivity index (χ1n) is 8.65. The molecule has 2 heterocycles. The monoisotopic (exact) mass is 344 g/mol. The van der Waals surface area contributed by atoms with E-state index in [1.165, 1.54) is 17.5 Å². The van der Waals surface area contributed by atoms with Crippen molar-refractivity contribution in [2.24, 2.45) is 0 Å². The van der Waals surface area contributed by atoms with Gasteiger partial charge in [0.25, 0.3) is 0 Å². The predicted octanol–water partition coefficient (Wildman–Crippen LogP) is 5.04. The van der Waals surface area contributed by atoms with Crippen molar-refractivity contribution >= 4 is 11.0 Å². The van der Waals surface area contributed by atoms with Gasteiger partial charge in [0.2, 0.25) is 5.88 Å². The lowest BCUT2D eigenvalue weighted by Crippen LogP contribution is -1.98. The number of aryl methyl sites for hydroxylation is 1. The van der Waals surface area contributed by atoms with Gasteiger partial charge >= 0.3 is 0 Å². The number of rotatable bonds is 4. The van der Waals surface area contributed by atoms with Gasteiger partial charge in [-0.2, -0.15) is 5.10 Å². The summed E-state index contributed by atoms with van der Waals surface area (Å²) in [6.45, 7) is 6.40. The molecule has 0 aliphatic rings. The van der Waals surface area contributed by atoms with Gasteiger partial charge in [0.05, 0.1) is 11.9 Å². The molecule has 0 saturated carbocycles. The van der Waals surface area contributed by atoms with Gasteiger partial charge in [-0.3, -0.25) is 0 Å². The molecular formula is C21H20N4O. The zero-order valence-corrected chi connectivity index (χ0v) is 15.0. The van der Waals surface area contributed by atoms with E-state index in [2.05, 4.69) is 60.1 Å². The molecule has 0 saturated heterocycles. The Balaban J connectivity index is 1.69. The number of hydrogen-bond donors (Lipinski definition) is 0. The minimum Gasteiger partial charge on any atom is -0.438 e. The average molecular weight is 344 g/mol. The zero-order chi connectivity index (χ0) is 18.1. The van der Waals surface area contributed by atoms with Crippen LogP contribution in [0.3, 0.4) is 0 Å². The molecule has 5 nitrogen and oxygen atoms in total. The van der Waals surface area contributed by atoms with Crippen LogP contribution in [0.15, 0.2) is 61.1 Å². The van der Waals surface area contributed by atoms with E-state index in [0.717, 1.165) is 22.5 Å². The van der Waals surface area contributed by atoms with Crippen molar-refractivity contribution in [3.8, 4) is 17.3 Å². The second kappa shape index (κ2) is 6.59. The van der Waals surface area contributed by atoms with Crippen LogP contribution in [0.1, 0.15) is 30.9 Å². The molecule has 0 spiro atoms. The lowest BCUT2D eigenvalue weighted by atomic mass is 10.0. The summed E-state index contributed by atoms with van der Waals surface area (Å²) in [6, 6.07) is 16.2. The van der Waals surface area contributed by atoms with Gasteiger partial charge in [-0.25, -0.2) is 14.6 Å². The lowest BCUT2D eigenvalue weighted by molar-refractivity contribution is 0.468. The maximum absolute atomic E-state index is 5.99. The number of benzene rings is 2. The molecule has 4 aromatic rings. The highest BCUT2D eigenvalue weighted by Gasteiger charge is 2.13. The summed E-state index contributed by atoms with van der Waals surface area (Å²) in [4.78, 5) is 8.68. The summed E-state index contributed by atoms with van der Waals surface area (Å²) in [5.41, 5.74) is 4.15. The molecule has 0 fully saturated rings. The van der Waals surface area contributed by atoms with Gasteiger partial charge in [-0.1, -0.05) is 43.7 Å². The summed E-state index contributed by atoms with van der Waals surface area (Å²) in [5.74, 6) is 1.74. The molecule has 0 N–H and O–H groups in total. The summed E-state index contributed by atoms with van der Waals surface area (Å²) >= 11 is 0. The van der Waals surface area contributed by atoms with E-state index in [0.29, 0.717) is 11.8 Å². The number of fused-ring (bicyclic) bond motifs is 1. The molecule has 0 bridgehead atoms. The maximum atomic E-state index is 5.99. The molecule has 2 aromatic heterocycles. The fraction of sp³-hybridized carbons (Fsp3) is 0.190. The van der Waals surface area contributed by atoms with Gasteiger partial charge < -0.3 is 4.74 Å². The van der Waals surface area contributed by atoms with Crippen LogP contribution in [-0.4, -0.2) is 19.7 Å². The second-order valence-electron chi connectivity index (χ2n) is 6.63. The Labute approximate surface area is 152 Å².